The third-order valence-corrected chi connectivity index (χ3v) is 7.91. The van der Waals surface area contributed by atoms with E-state index in [1.807, 2.05) is 13.8 Å². The number of likely N-dealkylation sites (N-methyl/N-ethyl adjacent to an activating group) is 1. The van der Waals surface area contributed by atoms with Crippen molar-refractivity contribution in [3.8, 4) is 0 Å². The van der Waals surface area contributed by atoms with Crippen molar-refractivity contribution in [1.82, 2.24) is 18.9 Å². The molecule has 1 aliphatic heterocycles. The molecule has 1 aromatic heterocycles. The molecular formula is C19H28N4O2S. The fraction of sp³-hybridized carbons (Fsp3) is 0.579. The molecule has 26 heavy (non-hydrogen) atoms. The summed E-state index contributed by atoms with van der Waals surface area (Å²) in [6, 6.07) is 6.80. The largest absolute Gasteiger partial charge is 0.361 e. The van der Waals surface area contributed by atoms with Crippen LogP contribution in [0, 0.1) is 0 Å². The fourth-order valence-electron chi connectivity index (χ4n) is 4.88. The Morgan fingerprint density at radius 2 is 2.08 bits per heavy atom. The first-order valence-electron chi connectivity index (χ1n) is 9.51. The summed E-state index contributed by atoms with van der Waals surface area (Å²) in [5.74, 6) is 0.352. The van der Waals surface area contributed by atoms with Crippen LogP contribution < -0.4 is 4.72 Å². The van der Waals surface area contributed by atoms with Crippen molar-refractivity contribution in [2.45, 2.75) is 44.7 Å². The lowest BCUT2D eigenvalue weighted by Crippen LogP contribution is -2.56. The molecule has 0 bridgehead atoms. The second kappa shape index (κ2) is 6.64. The average Bonchev–Trinajstić information content (AvgIpc) is 3.01. The maximum absolute atomic E-state index is 12.7. The highest BCUT2D eigenvalue weighted by molar-refractivity contribution is 7.87. The molecule has 0 amide bonds. The van der Waals surface area contributed by atoms with Gasteiger partial charge < -0.3 is 9.88 Å². The van der Waals surface area contributed by atoms with Crippen LogP contribution in [0.4, 0.5) is 0 Å². The van der Waals surface area contributed by atoms with E-state index < -0.39 is 10.2 Å². The number of benzene rings is 1. The molecule has 1 saturated heterocycles. The zero-order valence-corrected chi connectivity index (χ0v) is 16.5. The first-order valence-corrected chi connectivity index (χ1v) is 10.9. The first-order chi connectivity index (χ1) is 12.4. The van der Waals surface area contributed by atoms with Crippen molar-refractivity contribution < 1.29 is 8.42 Å². The Bertz CT molecular complexity index is 903. The maximum atomic E-state index is 12.7. The molecule has 4 rings (SSSR count). The van der Waals surface area contributed by atoms with Gasteiger partial charge >= 0.3 is 0 Å². The van der Waals surface area contributed by atoms with Gasteiger partial charge in [-0.25, -0.2) is 0 Å². The summed E-state index contributed by atoms with van der Waals surface area (Å²) in [4.78, 5) is 5.72. The van der Waals surface area contributed by atoms with Crippen LogP contribution in [0.2, 0.25) is 0 Å². The standard InChI is InChI=1S/C19H28N4O2S/c1-4-23(5-2)26(24,25)21-14-10-16-15-7-6-8-17-19(15)13(11-20-17)9-18(16)22(3)12-14/h6-8,11,14,16,18,20-21H,4-5,9-10,12H2,1-3H3/t14?,16-,18-/m1/s1. The number of H-pyrrole nitrogens is 1. The number of nitrogens with zero attached hydrogens (tertiary/aromatic N) is 2. The van der Waals surface area contributed by atoms with E-state index in [9.17, 15) is 8.42 Å². The molecule has 142 valence electrons. The molecule has 6 nitrogen and oxygen atoms in total. The number of fused-ring (bicyclic) bond motifs is 2. The minimum absolute atomic E-state index is 0.0670. The highest BCUT2D eigenvalue weighted by Crippen LogP contribution is 2.43. The predicted octanol–water partition coefficient (Wildman–Crippen LogP) is 2.06. The fourth-order valence-corrected chi connectivity index (χ4v) is 6.30. The number of hydrogen-bond donors (Lipinski definition) is 2. The third kappa shape index (κ3) is 2.87. The van der Waals surface area contributed by atoms with Crippen LogP contribution in [-0.2, 0) is 16.6 Å². The van der Waals surface area contributed by atoms with Gasteiger partial charge in [0.2, 0.25) is 0 Å². The number of likely N-dealkylation sites (tertiary alicyclic amines) is 1. The lowest BCUT2D eigenvalue weighted by molar-refractivity contribution is 0.135. The Hall–Kier alpha value is -1.41. The Kier molecular flexibility index (Phi) is 4.59. The van der Waals surface area contributed by atoms with Crippen molar-refractivity contribution >= 4 is 21.1 Å². The molecule has 7 heteroatoms. The lowest BCUT2D eigenvalue weighted by atomic mass is 9.74. The molecular weight excluding hydrogens is 348 g/mol. The molecule has 1 aromatic carbocycles. The number of hydrogen-bond acceptors (Lipinski definition) is 3. The van der Waals surface area contributed by atoms with Crippen LogP contribution in [0.15, 0.2) is 24.4 Å². The zero-order chi connectivity index (χ0) is 18.5. The molecule has 2 N–H and O–H groups in total. The molecule has 3 atom stereocenters. The van der Waals surface area contributed by atoms with Gasteiger partial charge in [-0.3, -0.25) is 0 Å². The normalized spacial score (nSPS) is 26.4. The molecule has 2 aliphatic rings. The summed E-state index contributed by atoms with van der Waals surface area (Å²) in [7, 11) is -1.32. The maximum Gasteiger partial charge on any atom is 0.279 e. The van der Waals surface area contributed by atoms with Gasteiger partial charge in [-0.15, -0.1) is 0 Å². The van der Waals surface area contributed by atoms with Crippen molar-refractivity contribution in [3.05, 3.63) is 35.5 Å². The highest BCUT2D eigenvalue weighted by Gasteiger charge is 2.40. The summed E-state index contributed by atoms with van der Waals surface area (Å²) in [6.45, 7) is 5.48. The summed E-state index contributed by atoms with van der Waals surface area (Å²) >= 11 is 0. The first kappa shape index (κ1) is 18.0. The van der Waals surface area contributed by atoms with Crippen LogP contribution >= 0.6 is 0 Å². The number of nitrogens with one attached hydrogen (secondary N) is 2. The van der Waals surface area contributed by atoms with Crippen LogP contribution in [0.3, 0.4) is 0 Å². The van der Waals surface area contributed by atoms with Crippen LogP contribution in [0.1, 0.15) is 37.3 Å². The number of rotatable bonds is 5. The topological polar surface area (TPSA) is 68.4 Å². The minimum atomic E-state index is -3.43. The number of aromatic nitrogens is 1. The van der Waals surface area contributed by atoms with E-state index in [0.29, 0.717) is 25.0 Å². The van der Waals surface area contributed by atoms with Crippen LogP contribution in [-0.4, -0.2) is 61.4 Å². The van der Waals surface area contributed by atoms with Gasteiger partial charge in [0.1, 0.15) is 0 Å². The zero-order valence-electron chi connectivity index (χ0n) is 15.7. The van der Waals surface area contributed by atoms with Crippen molar-refractivity contribution in [2.24, 2.45) is 0 Å². The molecule has 0 radical (unpaired) electrons. The smallest absolute Gasteiger partial charge is 0.279 e. The lowest BCUT2D eigenvalue weighted by Gasteiger charge is -2.45. The van der Waals surface area contributed by atoms with Crippen LogP contribution in [0.25, 0.3) is 10.9 Å². The van der Waals surface area contributed by atoms with E-state index in [4.69, 9.17) is 0 Å². The van der Waals surface area contributed by atoms with E-state index in [2.05, 4.69) is 46.0 Å². The second-order valence-corrected chi connectivity index (χ2v) is 9.24. The van der Waals surface area contributed by atoms with Gasteiger partial charge in [-0.05, 0) is 37.1 Å². The SMILES string of the molecule is CCN(CC)S(=O)(=O)NC1C[C@@H]2c3cccc4[nH]cc(c34)C[C@H]2N(C)C1. The van der Waals surface area contributed by atoms with Gasteiger partial charge in [0, 0.05) is 54.7 Å². The quantitative estimate of drug-likeness (QED) is 0.839. The second-order valence-electron chi connectivity index (χ2n) is 7.54. The van der Waals surface area contributed by atoms with Gasteiger partial charge in [-0.1, -0.05) is 26.0 Å². The van der Waals surface area contributed by atoms with Crippen molar-refractivity contribution in [1.29, 1.82) is 0 Å². The molecule has 0 saturated carbocycles. The Morgan fingerprint density at radius 1 is 1.31 bits per heavy atom. The number of aromatic amines is 1. The summed E-state index contributed by atoms with van der Waals surface area (Å²) in [5, 5.41) is 1.34. The Labute approximate surface area is 155 Å². The predicted molar refractivity (Wildman–Crippen MR) is 105 cm³/mol. The molecule has 1 fully saturated rings. The molecule has 0 spiro atoms. The minimum Gasteiger partial charge on any atom is -0.361 e. The van der Waals surface area contributed by atoms with E-state index in [1.165, 1.54) is 26.3 Å². The highest BCUT2D eigenvalue weighted by atomic mass is 32.2. The molecule has 1 unspecified atom stereocenters. The summed E-state index contributed by atoms with van der Waals surface area (Å²) in [6.07, 6.45) is 4.00. The number of piperidine rings is 1. The van der Waals surface area contributed by atoms with Gasteiger partial charge in [0.25, 0.3) is 10.2 Å². The monoisotopic (exact) mass is 376 g/mol. The van der Waals surface area contributed by atoms with E-state index in [0.717, 1.165) is 19.4 Å². The van der Waals surface area contributed by atoms with E-state index in [-0.39, 0.29) is 6.04 Å². The Morgan fingerprint density at radius 3 is 2.81 bits per heavy atom. The van der Waals surface area contributed by atoms with Gasteiger partial charge in [0.15, 0.2) is 0 Å². The summed E-state index contributed by atoms with van der Waals surface area (Å²) in [5.41, 5.74) is 3.92. The third-order valence-electron chi connectivity index (χ3n) is 6.09. The van der Waals surface area contributed by atoms with E-state index >= 15 is 0 Å². The summed E-state index contributed by atoms with van der Waals surface area (Å²) < 4.78 is 29.8. The van der Waals surface area contributed by atoms with E-state index in [1.54, 1.807) is 0 Å². The van der Waals surface area contributed by atoms with Gasteiger partial charge in [-0.2, -0.15) is 17.4 Å². The van der Waals surface area contributed by atoms with Gasteiger partial charge in [0.05, 0.1) is 0 Å². The van der Waals surface area contributed by atoms with Crippen LogP contribution in [0.5, 0.6) is 0 Å². The van der Waals surface area contributed by atoms with Crippen molar-refractivity contribution in [2.75, 3.05) is 26.7 Å². The van der Waals surface area contributed by atoms with Crippen molar-refractivity contribution in [3.63, 3.8) is 0 Å². The Balaban J connectivity index is 1.63. The molecule has 2 heterocycles. The average molecular weight is 377 g/mol. The molecule has 1 aliphatic carbocycles. The molecule has 2 aromatic rings.